The topological polar surface area (TPSA) is 81.7 Å². The lowest BCUT2D eigenvalue weighted by atomic mass is 10.1. The molecule has 0 aromatic rings. The van der Waals surface area contributed by atoms with Crippen LogP contribution in [-0.2, 0) is 4.79 Å². The average Bonchev–Trinajstić information content (AvgIpc) is 2.85. The largest absolute Gasteiger partial charge is 0.481 e. The van der Waals surface area contributed by atoms with Crippen LogP contribution in [0.4, 0.5) is 4.79 Å². The second-order valence-electron chi connectivity index (χ2n) is 5.44. The van der Waals surface area contributed by atoms with Gasteiger partial charge in [0.25, 0.3) is 0 Å². The molecule has 2 amide bonds. The summed E-state index contributed by atoms with van der Waals surface area (Å²) >= 11 is 0. The Hall–Kier alpha value is -1.30. The molecule has 0 aromatic heterocycles. The molecular formula is C13H25N3O3. The number of carboxylic acids is 1. The van der Waals surface area contributed by atoms with Crippen LogP contribution in [0.1, 0.15) is 26.7 Å². The number of nitrogens with zero attached hydrogens (tertiary/aromatic N) is 1. The molecule has 110 valence electrons. The Morgan fingerprint density at radius 1 is 1.16 bits per heavy atom. The Bertz CT molecular complexity index is 304. The lowest BCUT2D eigenvalue weighted by Gasteiger charge is -2.20. The molecule has 0 spiro atoms. The van der Waals surface area contributed by atoms with Crippen LogP contribution in [0.15, 0.2) is 0 Å². The van der Waals surface area contributed by atoms with Crippen molar-refractivity contribution in [3.63, 3.8) is 0 Å². The number of carboxylic acid groups (broad SMARTS) is 1. The number of hydrogen-bond donors (Lipinski definition) is 3. The summed E-state index contributed by atoms with van der Waals surface area (Å²) in [5.74, 6) is -1.06. The van der Waals surface area contributed by atoms with Gasteiger partial charge in [0.15, 0.2) is 0 Å². The zero-order valence-electron chi connectivity index (χ0n) is 11.8. The molecule has 0 radical (unpaired) electrons. The third kappa shape index (κ3) is 6.42. The maximum Gasteiger partial charge on any atom is 0.314 e. The highest BCUT2D eigenvalue weighted by atomic mass is 16.4. The van der Waals surface area contributed by atoms with Gasteiger partial charge in [0.05, 0.1) is 5.92 Å². The monoisotopic (exact) mass is 271 g/mol. The van der Waals surface area contributed by atoms with E-state index in [4.69, 9.17) is 5.11 Å². The average molecular weight is 271 g/mol. The van der Waals surface area contributed by atoms with E-state index in [0.717, 1.165) is 19.6 Å². The Morgan fingerprint density at radius 3 is 2.32 bits per heavy atom. The van der Waals surface area contributed by atoms with Crippen LogP contribution in [0.25, 0.3) is 0 Å². The number of urea groups is 1. The van der Waals surface area contributed by atoms with Crippen molar-refractivity contribution in [2.75, 3.05) is 32.7 Å². The summed E-state index contributed by atoms with van der Waals surface area (Å²) in [6.07, 6.45) is 2.54. The molecule has 1 heterocycles. The molecule has 3 N–H and O–H groups in total. The van der Waals surface area contributed by atoms with Crippen molar-refractivity contribution in [1.29, 1.82) is 0 Å². The summed E-state index contributed by atoms with van der Waals surface area (Å²) in [5.41, 5.74) is 0. The maximum absolute atomic E-state index is 11.5. The Kier molecular flexibility index (Phi) is 6.62. The fourth-order valence-corrected chi connectivity index (χ4v) is 2.13. The van der Waals surface area contributed by atoms with Gasteiger partial charge in [0.2, 0.25) is 0 Å². The van der Waals surface area contributed by atoms with Crippen LogP contribution in [0.5, 0.6) is 0 Å². The van der Waals surface area contributed by atoms with Crippen LogP contribution in [0.2, 0.25) is 0 Å². The van der Waals surface area contributed by atoms with Crippen LogP contribution >= 0.6 is 0 Å². The number of amides is 2. The Labute approximate surface area is 114 Å². The van der Waals surface area contributed by atoms with Crippen LogP contribution in [-0.4, -0.2) is 54.7 Å². The third-order valence-electron chi connectivity index (χ3n) is 3.37. The Morgan fingerprint density at radius 2 is 1.74 bits per heavy atom. The standard InChI is InChI=1S/C13H25N3O3/c1-10(9-16-5-3-4-6-16)7-14-13(19)15-8-11(2)12(17)18/h10-11H,3-9H2,1-2H3,(H,17,18)(H2,14,15,19). The van der Waals surface area contributed by atoms with Crippen molar-refractivity contribution in [3.05, 3.63) is 0 Å². The second-order valence-corrected chi connectivity index (χ2v) is 5.44. The minimum atomic E-state index is -0.900. The van der Waals surface area contributed by atoms with Gasteiger partial charge in [-0.15, -0.1) is 0 Å². The number of hydrogen-bond acceptors (Lipinski definition) is 3. The van der Waals surface area contributed by atoms with E-state index >= 15 is 0 Å². The summed E-state index contributed by atoms with van der Waals surface area (Å²) in [7, 11) is 0. The van der Waals surface area contributed by atoms with Crippen LogP contribution in [0, 0.1) is 11.8 Å². The highest BCUT2D eigenvalue weighted by Crippen LogP contribution is 2.09. The van der Waals surface area contributed by atoms with Gasteiger partial charge in [-0.3, -0.25) is 4.79 Å². The lowest BCUT2D eigenvalue weighted by molar-refractivity contribution is -0.140. The van der Waals surface area contributed by atoms with Gasteiger partial charge in [-0.05, 0) is 31.8 Å². The number of carbonyl (C=O) groups excluding carboxylic acids is 1. The van der Waals surface area contributed by atoms with Crippen molar-refractivity contribution in [2.24, 2.45) is 11.8 Å². The zero-order chi connectivity index (χ0) is 14.3. The molecular weight excluding hydrogens is 246 g/mol. The van der Waals surface area contributed by atoms with Gasteiger partial charge >= 0.3 is 12.0 Å². The minimum Gasteiger partial charge on any atom is -0.481 e. The van der Waals surface area contributed by atoms with Crippen molar-refractivity contribution in [1.82, 2.24) is 15.5 Å². The fourth-order valence-electron chi connectivity index (χ4n) is 2.13. The quantitative estimate of drug-likeness (QED) is 0.638. The van der Waals surface area contributed by atoms with Crippen molar-refractivity contribution < 1.29 is 14.7 Å². The molecule has 0 aromatic carbocycles. The fraction of sp³-hybridized carbons (Fsp3) is 0.846. The second kappa shape index (κ2) is 7.99. The first-order valence-corrected chi connectivity index (χ1v) is 6.96. The van der Waals surface area contributed by atoms with Gasteiger partial charge < -0.3 is 20.6 Å². The van der Waals surface area contributed by atoms with E-state index in [0.29, 0.717) is 12.5 Å². The van der Waals surface area contributed by atoms with E-state index in [1.807, 2.05) is 0 Å². The molecule has 6 nitrogen and oxygen atoms in total. The summed E-state index contributed by atoms with van der Waals surface area (Å²) in [6.45, 7) is 7.77. The SMILES string of the molecule is CC(CNC(=O)NCC(C)C(=O)O)CN1CCCC1. The highest BCUT2D eigenvalue weighted by Gasteiger charge is 2.15. The van der Waals surface area contributed by atoms with E-state index in [1.54, 1.807) is 6.92 Å². The Balaban J connectivity index is 2.09. The predicted molar refractivity (Wildman–Crippen MR) is 73.0 cm³/mol. The summed E-state index contributed by atoms with van der Waals surface area (Å²) in [5, 5.41) is 14.0. The van der Waals surface area contributed by atoms with Crippen molar-refractivity contribution >= 4 is 12.0 Å². The van der Waals surface area contributed by atoms with Crippen molar-refractivity contribution in [3.8, 4) is 0 Å². The molecule has 19 heavy (non-hydrogen) atoms. The first-order valence-electron chi connectivity index (χ1n) is 6.96. The van der Waals surface area contributed by atoms with Crippen LogP contribution < -0.4 is 10.6 Å². The van der Waals surface area contributed by atoms with Gasteiger partial charge in [-0.2, -0.15) is 0 Å². The van der Waals surface area contributed by atoms with Gasteiger partial charge in [-0.1, -0.05) is 13.8 Å². The summed E-state index contributed by atoms with van der Waals surface area (Å²) in [4.78, 5) is 24.5. The molecule has 1 aliphatic heterocycles. The van der Waals surface area contributed by atoms with E-state index in [9.17, 15) is 9.59 Å². The first kappa shape index (κ1) is 15.8. The normalized spacial score (nSPS) is 18.8. The zero-order valence-corrected chi connectivity index (χ0v) is 11.8. The third-order valence-corrected chi connectivity index (χ3v) is 3.37. The molecule has 1 rings (SSSR count). The van der Waals surface area contributed by atoms with Crippen molar-refractivity contribution in [2.45, 2.75) is 26.7 Å². The molecule has 0 saturated carbocycles. The van der Waals surface area contributed by atoms with Crippen LogP contribution in [0.3, 0.4) is 0 Å². The van der Waals surface area contributed by atoms with E-state index < -0.39 is 11.9 Å². The smallest absolute Gasteiger partial charge is 0.314 e. The predicted octanol–water partition coefficient (Wildman–Crippen LogP) is 0.738. The molecule has 6 heteroatoms. The highest BCUT2D eigenvalue weighted by molar-refractivity contribution is 5.75. The van der Waals surface area contributed by atoms with E-state index in [1.165, 1.54) is 12.8 Å². The summed E-state index contributed by atoms with van der Waals surface area (Å²) < 4.78 is 0. The van der Waals surface area contributed by atoms with Gasteiger partial charge in [0.1, 0.15) is 0 Å². The molecule has 1 saturated heterocycles. The molecule has 2 unspecified atom stereocenters. The van der Waals surface area contributed by atoms with E-state index in [-0.39, 0.29) is 12.6 Å². The summed E-state index contributed by atoms with van der Waals surface area (Å²) in [6, 6.07) is -0.290. The van der Waals surface area contributed by atoms with E-state index in [2.05, 4.69) is 22.5 Å². The molecule has 2 atom stereocenters. The first-order chi connectivity index (χ1) is 8.99. The number of carbonyl (C=O) groups is 2. The molecule has 1 aliphatic rings. The number of nitrogens with one attached hydrogen (secondary N) is 2. The minimum absolute atomic E-state index is 0.154. The van der Waals surface area contributed by atoms with Gasteiger partial charge in [0, 0.05) is 19.6 Å². The van der Waals surface area contributed by atoms with Gasteiger partial charge in [-0.25, -0.2) is 4.79 Å². The molecule has 0 aliphatic carbocycles. The number of aliphatic carboxylic acids is 1. The maximum atomic E-state index is 11.5. The lowest BCUT2D eigenvalue weighted by Crippen LogP contribution is -2.42. The molecule has 1 fully saturated rings. The number of likely N-dealkylation sites (tertiary alicyclic amines) is 1. The molecule has 0 bridgehead atoms. The number of rotatable bonds is 7.